The second-order valence-electron chi connectivity index (χ2n) is 3.88. The molecule has 94 valence electrons. The van der Waals surface area contributed by atoms with Crippen molar-refractivity contribution < 1.29 is 4.79 Å². The number of carbonyl (C=O) groups is 1. The van der Waals surface area contributed by atoms with E-state index < -0.39 is 0 Å². The lowest BCUT2D eigenvalue weighted by atomic mass is 10.2. The number of benzene rings is 1. The van der Waals surface area contributed by atoms with Gasteiger partial charge in [0.2, 0.25) is 0 Å². The first-order valence-corrected chi connectivity index (χ1v) is 5.89. The van der Waals surface area contributed by atoms with E-state index in [1.165, 1.54) is 11.1 Å². The quantitative estimate of drug-likeness (QED) is 0.844. The highest BCUT2D eigenvalue weighted by Crippen LogP contribution is 2.16. The van der Waals surface area contributed by atoms with Gasteiger partial charge in [0.05, 0.1) is 16.7 Å². The van der Waals surface area contributed by atoms with Gasteiger partial charge in [0.1, 0.15) is 5.69 Å². The van der Waals surface area contributed by atoms with E-state index in [0.717, 1.165) is 0 Å². The number of pyridine rings is 1. The zero-order valence-corrected chi connectivity index (χ0v) is 10.9. The molecule has 0 fully saturated rings. The van der Waals surface area contributed by atoms with Crippen molar-refractivity contribution in [1.29, 1.82) is 5.26 Å². The SMILES string of the molecule is CN(C(=O)c1ccc(Cl)cn1)c1ccc(C#N)cc1. The average molecular weight is 272 g/mol. The molecule has 0 unspecified atom stereocenters. The van der Waals surface area contributed by atoms with Crippen LogP contribution in [0.4, 0.5) is 5.69 Å². The van der Waals surface area contributed by atoms with Crippen LogP contribution in [-0.2, 0) is 0 Å². The Morgan fingerprint density at radius 2 is 1.95 bits per heavy atom. The van der Waals surface area contributed by atoms with Crippen molar-refractivity contribution >= 4 is 23.2 Å². The van der Waals surface area contributed by atoms with Crippen LogP contribution in [0.1, 0.15) is 16.1 Å². The predicted octanol–water partition coefficient (Wildman–Crippen LogP) is 2.88. The van der Waals surface area contributed by atoms with Crippen molar-refractivity contribution in [2.24, 2.45) is 0 Å². The summed E-state index contributed by atoms with van der Waals surface area (Å²) in [5, 5.41) is 9.21. The summed E-state index contributed by atoms with van der Waals surface area (Å²) in [4.78, 5) is 17.6. The van der Waals surface area contributed by atoms with Crippen molar-refractivity contribution in [2.45, 2.75) is 0 Å². The van der Waals surface area contributed by atoms with E-state index in [0.29, 0.717) is 22.0 Å². The fraction of sp³-hybridized carbons (Fsp3) is 0.0714. The summed E-state index contributed by atoms with van der Waals surface area (Å²) in [5.41, 5.74) is 1.56. The molecule has 0 saturated carbocycles. The minimum absolute atomic E-state index is 0.235. The van der Waals surface area contributed by atoms with E-state index in [2.05, 4.69) is 4.98 Å². The van der Waals surface area contributed by atoms with Crippen LogP contribution in [0.2, 0.25) is 5.02 Å². The molecule has 19 heavy (non-hydrogen) atoms. The third-order valence-corrected chi connectivity index (χ3v) is 2.86. The fourth-order valence-electron chi connectivity index (χ4n) is 1.55. The van der Waals surface area contributed by atoms with Gasteiger partial charge in [-0.2, -0.15) is 5.26 Å². The van der Waals surface area contributed by atoms with Crippen molar-refractivity contribution in [2.75, 3.05) is 11.9 Å². The molecular weight excluding hydrogens is 262 g/mol. The average Bonchev–Trinajstić information content (AvgIpc) is 2.46. The van der Waals surface area contributed by atoms with E-state index in [4.69, 9.17) is 16.9 Å². The van der Waals surface area contributed by atoms with Crippen molar-refractivity contribution in [1.82, 2.24) is 4.98 Å². The Morgan fingerprint density at radius 3 is 2.47 bits per heavy atom. The Bertz CT molecular complexity index is 629. The van der Waals surface area contributed by atoms with Crippen molar-refractivity contribution in [3.05, 3.63) is 58.9 Å². The highest BCUT2D eigenvalue weighted by molar-refractivity contribution is 6.30. The summed E-state index contributed by atoms with van der Waals surface area (Å²) < 4.78 is 0. The monoisotopic (exact) mass is 271 g/mol. The molecule has 1 heterocycles. The number of amides is 1. The lowest BCUT2D eigenvalue weighted by Crippen LogP contribution is -2.26. The van der Waals surface area contributed by atoms with E-state index in [1.54, 1.807) is 43.4 Å². The van der Waals surface area contributed by atoms with Gasteiger partial charge in [0.25, 0.3) is 5.91 Å². The number of aromatic nitrogens is 1. The number of nitriles is 1. The second-order valence-corrected chi connectivity index (χ2v) is 4.32. The molecule has 0 radical (unpaired) electrons. The number of anilines is 1. The van der Waals surface area contributed by atoms with Gasteiger partial charge >= 0.3 is 0 Å². The maximum absolute atomic E-state index is 12.2. The molecule has 4 nitrogen and oxygen atoms in total. The molecule has 1 aromatic heterocycles. The van der Waals surface area contributed by atoms with Crippen molar-refractivity contribution in [3.63, 3.8) is 0 Å². The van der Waals surface area contributed by atoms with Crippen LogP contribution in [-0.4, -0.2) is 17.9 Å². The lowest BCUT2D eigenvalue weighted by molar-refractivity contribution is 0.0988. The van der Waals surface area contributed by atoms with Gasteiger partial charge in [-0.25, -0.2) is 4.98 Å². The van der Waals surface area contributed by atoms with Gasteiger partial charge in [-0.15, -0.1) is 0 Å². The summed E-state index contributed by atoms with van der Waals surface area (Å²) in [6.07, 6.45) is 1.43. The standard InChI is InChI=1S/C14H10ClN3O/c1-18(12-5-2-10(8-16)3-6-12)14(19)13-7-4-11(15)9-17-13/h2-7,9H,1H3. The van der Waals surface area contributed by atoms with Crippen molar-refractivity contribution in [3.8, 4) is 6.07 Å². The second kappa shape index (κ2) is 5.51. The van der Waals surface area contributed by atoms with Crippen LogP contribution in [0.15, 0.2) is 42.6 Å². The van der Waals surface area contributed by atoms with Crippen LogP contribution in [0.3, 0.4) is 0 Å². The maximum atomic E-state index is 12.2. The molecule has 0 N–H and O–H groups in total. The summed E-state index contributed by atoms with van der Waals surface area (Å²) in [6, 6.07) is 12.0. The molecule has 5 heteroatoms. The summed E-state index contributed by atoms with van der Waals surface area (Å²) in [6.45, 7) is 0. The van der Waals surface area contributed by atoms with E-state index in [9.17, 15) is 4.79 Å². The van der Waals surface area contributed by atoms with Gasteiger partial charge in [-0.1, -0.05) is 11.6 Å². The molecule has 0 saturated heterocycles. The summed E-state index contributed by atoms with van der Waals surface area (Å²) >= 11 is 5.73. The zero-order chi connectivity index (χ0) is 13.8. The van der Waals surface area contributed by atoms with Gasteiger partial charge in [-0.05, 0) is 36.4 Å². The predicted molar refractivity (Wildman–Crippen MR) is 73.1 cm³/mol. The number of nitrogens with zero attached hydrogens (tertiary/aromatic N) is 3. The first-order chi connectivity index (χ1) is 9.11. The van der Waals surface area contributed by atoms with Gasteiger partial charge in [0, 0.05) is 18.9 Å². The highest BCUT2D eigenvalue weighted by Gasteiger charge is 2.14. The normalized spacial score (nSPS) is 9.74. The van der Waals surface area contributed by atoms with Gasteiger partial charge in [-0.3, -0.25) is 4.79 Å². The molecule has 2 rings (SSSR count). The summed E-state index contributed by atoms with van der Waals surface area (Å²) in [5.74, 6) is -0.235. The van der Waals surface area contributed by atoms with Crippen LogP contribution < -0.4 is 4.90 Å². The molecule has 0 bridgehead atoms. The van der Waals surface area contributed by atoms with Gasteiger partial charge in [0.15, 0.2) is 0 Å². The third-order valence-electron chi connectivity index (χ3n) is 2.63. The molecule has 1 aromatic carbocycles. The fourth-order valence-corrected chi connectivity index (χ4v) is 1.66. The lowest BCUT2D eigenvalue weighted by Gasteiger charge is -2.16. The van der Waals surface area contributed by atoms with E-state index in [1.807, 2.05) is 6.07 Å². The maximum Gasteiger partial charge on any atom is 0.276 e. The molecule has 0 aliphatic rings. The number of hydrogen-bond donors (Lipinski definition) is 0. The Kier molecular flexibility index (Phi) is 3.79. The van der Waals surface area contributed by atoms with Gasteiger partial charge < -0.3 is 4.90 Å². The molecule has 0 aliphatic carbocycles. The smallest absolute Gasteiger partial charge is 0.276 e. The van der Waals surface area contributed by atoms with E-state index >= 15 is 0 Å². The van der Waals surface area contributed by atoms with Crippen LogP contribution in [0.5, 0.6) is 0 Å². The molecule has 0 spiro atoms. The number of rotatable bonds is 2. The zero-order valence-electron chi connectivity index (χ0n) is 10.2. The first kappa shape index (κ1) is 13.1. The highest BCUT2D eigenvalue weighted by atomic mass is 35.5. The molecule has 1 amide bonds. The molecule has 0 atom stereocenters. The first-order valence-electron chi connectivity index (χ1n) is 5.51. The minimum Gasteiger partial charge on any atom is -0.310 e. The molecular formula is C14H10ClN3O. The Hall–Kier alpha value is -2.38. The van der Waals surface area contributed by atoms with Crippen LogP contribution in [0, 0.1) is 11.3 Å². The largest absolute Gasteiger partial charge is 0.310 e. The van der Waals surface area contributed by atoms with Crippen LogP contribution in [0.25, 0.3) is 0 Å². The Balaban J connectivity index is 2.23. The number of carbonyl (C=O) groups excluding carboxylic acids is 1. The third kappa shape index (κ3) is 2.90. The number of hydrogen-bond acceptors (Lipinski definition) is 3. The molecule has 2 aromatic rings. The minimum atomic E-state index is -0.235. The topological polar surface area (TPSA) is 57.0 Å². The summed E-state index contributed by atoms with van der Waals surface area (Å²) in [7, 11) is 1.65. The van der Waals surface area contributed by atoms with E-state index in [-0.39, 0.29) is 5.91 Å². The Morgan fingerprint density at radius 1 is 1.26 bits per heavy atom. The number of halogens is 1. The molecule has 0 aliphatic heterocycles. The van der Waals surface area contributed by atoms with Crippen LogP contribution >= 0.6 is 11.6 Å². The Labute approximate surface area is 115 Å².